The Labute approximate surface area is 75.9 Å². The normalized spacial score (nSPS) is 12.6. The maximum absolute atomic E-state index is 12.7. The number of hydrogen-bond acceptors (Lipinski definition) is 3. The van der Waals surface area contributed by atoms with Crippen molar-refractivity contribution in [2.45, 2.75) is 6.10 Å². The summed E-state index contributed by atoms with van der Waals surface area (Å²) in [6.07, 6.45) is -0.810. The van der Waals surface area contributed by atoms with Gasteiger partial charge in [0.05, 0.1) is 13.2 Å². The van der Waals surface area contributed by atoms with Crippen LogP contribution in [-0.4, -0.2) is 18.8 Å². The Kier molecular flexibility index (Phi) is 3.22. The summed E-state index contributed by atoms with van der Waals surface area (Å²) >= 11 is 0. The first-order valence-corrected chi connectivity index (χ1v) is 3.90. The molecule has 0 saturated carbocycles. The van der Waals surface area contributed by atoms with Gasteiger partial charge in [-0.1, -0.05) is 0 Å². The van der Waals surface area contributed by atoms with E-state index in [9.17, 15) is 9.50 Å². The molecule has 0 spiro atoms. The lowest BCUT2D eigenvalue weighted by molar-refractivity contribution is 0.182. The molecular formula is C9H12FNO2. The van der Waals surface area contributed by atoms with Gasteiger partial charge >= 0.3 is 0 Å². The van der Waals surface area contributed by atoms with Gasteiger partial charge in [-0.05, 0) is 12.1 Å². The van der Waals surface area contributed by atoms with E-state index in [2.05, 4.69) is 0 Å². The van der Waals surface area contributed by atoms with Crippen molar-refractivity contribution in [1.29, 1.82) is 0 Å². The van der Waals surface area contributed by atoms with Gasteiger partial charge in [-0.15, -0.1) is 0 Å². The van der Waals surface area contributed by atoms with E-state index in [1.807, 2.05) is 0 Å². The molecule has 0 amide bonds. The number of aliphatic hydroxyl groups is 1. The van der Waals surface area contributed by atoms with Crippen molar-refractivity contribution in [1.82, 2.24) is 0 Å². The van der Waals surface area contributed by atoms with Crippen LogP contribution in [0.15, 0.2) is 18.2 Å². The highest BCUT2D eigenvalue weighted by Crippen LogP contribution is 2.25. The van der Waals surface area contributed by atoms with Crippen molar-refractivity contribution in [2.75, 3.05) is 13.7 Å². The fraction of sp³-hybridized carbons (Fsp3) is 0.333. The van der Waals surface area contributed by atoms with Crippen LogP contribution in [0.25, 0.3) is 0 Å². The van der Waals surface area contributed by atoms with E-state index in [-0.39, 0.29) is 6.54 Å². The van der Waals surface area contributed by atoms with Crippen LogP contribution in [0, 0.1) is 5.82 Å². The standard InChI is InChI=1S/C9H12FNO2/c1-13-9-4-6(10)2-3-7(9)8(12)5-11/h2-4,8,12H,5,11H2,1H3. The van der Waals surface area contributed by atoms with Gasteiger partial charge in [0, 0.05) is 18.2 Å². The van der Waals surface area contributed by atoms with Gasteiger partial charge in [-0.25, -0.2) is 4.39 Å². The van der Waals surface area contributed by atoms with Crippen LogP contribution in [0.2, 0.25) is 0 Å². The molecule has 0 bridgehead atoms. The maximum atomic E-state index is 12.7. The number of halogens is 1. The summed E-state index contributed by atoms with van der Waals surface area (Å²) in [5.41, 5.74) is 5.77. The molecule has 13 heavy (non-hydrogen) atoms. The molecule has 0 heterocycles. The molecule has 0 saturated heterocycles. The van der Waals surface area contributed by atoms with Gasteiger partial charge in [-0.2, -0.15) is 0 Å². The highest BCUT2D eigenvalue weighted by molar-refractivity contribution is 5.35. The van der Waals surface area contributed by atoms with Crippen LogP contribution in [0.4, 0.5) is 4.39 Å². The van der Waals surface area contributed by atoms with Gasteiger partial charge in [0.25, 0.3) is 0 Å². The summed E-state index contributed by atoms with van der Waals surface area (Å²) in [7, 11) is 1.42. The molecule has 0 aromatic heterocycles. The van der Waals surface area contributed by atoms with Crippen molar-refractivity contribution < 1.29 is 14.2 Å². The second-order valence-electron chi connectivity index (χ2n) is 2.64. The maximum Gasteiger partial charge on any atom is 0.127 e. The second-order valence-corrected chi connectivity index (χ2v) is 2.64. The van der Waals surface area contributed by atoms with E-state index < -0.39 is 11.9 Å². The predicted molar refractivity (Wildman–Crippen MR) is 47.0 cm³/mol. The van der Waals surface area contributed by atoms with Crippen molar-refractivity contribution in [3.63, 3.8) is 0 Å². The number of methoxy groups -OCH3 is 1. The molecule has 3 N–H and O–H groups in total. The van der Waals surface area contributed by atoms with Crippen LogP contribution in [0.5, 0.6) is 5.75 Å². The number of hydrogen-bond donors (Lipinski definition) is 2. The minimum absolute atomic E-state index is 0.0853. The molecule has 72 valence electrons. The second kappa shape index (κ2) is 4.20. The number of rotatable bonds is 3. The fourth-order valence-electron chi connectivity index (χ4n) is 1.09. The Morgan fingerprint density at radius 1 is 1.62 bits per heavy atom. The van der Waals surface area contributed by atoms with Crippen LogP contribution in [0.3, 0.4) is 0 Å². The summed E-state index contributed by atoms with van der Waals surface area (Å²) < 4.78 is 17.6. The lowest BCUT2D eigenvalue weighted by Crippen LogP contribution is -2.12. The van der Waals surface area contributed by atoms with E-state index in [0.29, 0.717) is 11.3 Å². The number of ether oxygens (including phenoxy) is 1. The topological polar surface area (TPSA) is 55.5 Å². The zero-order chi connectivity index (χ0) is 9.84. The highest BCUT2D eigenvalue weighted by atomic mass is 19.1. The molecule has 1 aromatic carbocycles. The predicted octanol–water partition coefficient (Wildman–Crippen LogP) is 0.826. The fourth-order valence-corrected chi connectivity index (χ4v) is 1.09. The molecule has 0 aliphatic rings. The average Bonchev–Trinajstić information content (AvgIpc) is 2.16. The lowest BCUT2D eigenvalue weighted by Gasteiger charge is -2.12. The van der Waals surface area contributed by atoms with Crippen LogP contribution in [-0.2, 0) is 0 Å². The summed E-state index contributed by atoms with van der Waals surface area (Å²) in [6, 6.07) is 3.94. The van der Waals surface area contributed by atoms with Gasteiger partial charge in [0.2, 0.25) is 0 Å². The Balaban J connectivity index is 3.05. The molecular weight excluding hydrogens is 173 g/mol. The lowest BCUT2D eigenvalue weighted by atomic mass is 10.1. The Morgan fingerprint density at radius 2 is 2.31 bits per heavy atom. The minimum atomic E-state index is -0.810. The molecule has 1 rings (SSSR count). The van der Waals surface area contributed by atoms with Crippen LogP contribution in [0.1, 0.15) is 11.7 Å². The molecule has 1 aromatic rings. The minimum Gasteiger partial charge on any atom is -0.496 e. The Bertz CT molecular complexity index is 291. The van der Waals surface area contributed by atoms with Gasteiger partial charge in [0.1, 0.15) is 11.6 Å². The Morgan fingerprint density at radius 3 is 2.85 bits per heavy atom. The first-order chi connectivity index (χ1) is 6.19. The first kappa shape index (κ1) is 9.95. The molecule has 0 radical (unpaired) electrons. The van der Waals surface area contributed by atoms with E-state index in [0.717, 1.165) is 0 Å². The number of aliphatic hydroxyl groups excluding tert-OH is 1. The quantitative estimate of drug-likeness (QED) is 0.733. The van der Waals surface area contributed by atoms with E-state index >= 15 is 0 Å². The highest BCUT2D eigenvalue weighted by Gasteiger charge is 2.11. The summed E-state index contributed by atoms with van der Waals surface area (Å²) in [4.78, 5) is 0. The largest absolute Gasteiger partial charge is 0.496 e. The third-order valence-corrected chi connectivity index (χ3v) is 1.78. The van der Waals surface area contributed by atoms with Gasteiger partial charge < -0.3 is 15.6 Å². The van der Waals surface area contributed by atoms with Crippen molar-refractivity contribution in [2.24, 2.45) is 5.73 Å². The molecule has 1 atom stereocenters. The van der Waals surface area contributed by atoms with Crippen molar-refractivity contribution in [3.05, 3.63) is 29.6 Å². The molecule has 0 aliphatic heterocycles. The summed E-state index contributed by atoms with van der Waals surface area (Å²) in [5, 5.41) is 9.40. The van der Waals surface area contributed by atoms with Gasteiger partial charge in [0.15, 0.2) is 0 Å². The zero-order valence-electron chi connectivity index (χ0n) is 7.33. The molecule has 0 fully saturated rings. The molecule has 0 aliphatic carbocycles. The van der Waals surface area contributed by atoms with E-state index in [1.165, 1.54) is 25.3 Å². The van der Waals surface area contributed by atoms with Gasteiger partial charge in [-0.3, -0.25) is 0 Å². The van der Waals surface area contributed by atoms with Crippen molar-refractivity contribution >= 4 is 0 Å². The zero-order valence-corrected chi connectivity index (χ0v) is 7.33. The number of benzene rings is 1. The Hall–Kier alpha value is -1.13. The van der Waals surface area contributed by atoms with E-state index in [4.69, 9.17) is 10.5 Å². The third kappa shape index (κ3) is 2.17. The SMILES string of the molecule is COc1cc(F)ccc1C(O)CN. The molecule has 3 nitrogen and oxygen atoms in total. The number of nitrogens with two attached hydrogens (primary N) is 1. The van der Waals surface area contributed by atoms with E-state index in [1.54, 1.807) is 0 Å². The summed E-state index contributed by atoms with van der Waals surface area (Å²) in [5.74, 6) is -0.0808. The van der Waals surface area contributed by atoms with Crippen LogP contribution < -0.4 is 10.5 Å². The average molecular weight is 185 g/mol. The van der Waals surface area contributed by atoms with Crippen molar-refractivity contribution in [3.8, 4) is 5.75 Å². The monoisotopic (exact) mass is 185 g/mol. The third-order valence-electron chi connectivity index (χ3n) is 1.78. The van der Waals surface area contributed by atoms with Crippen LogP contribution >= 0.6 is 0 Å². The smallest absolute Gasteiger partial charge is 0.127 e. The summed E-state index contributed by atoms with van der Waals surface area (Å²) in [6.45, 7) is 0.0853. The molecule has 4 heteroatoms. The molecule has 1 unspecified atom stereocenters. The first-order valence-electron chi connectivity index (χ1n) is 3.90.